The molecule has 0 spiro atoms. The van der Waals surface area contributed by atoms with E-state index in [0.717, 1.165) is 10.4 Å². The Morgan fingerprint density at radius 3 is 2.74 bits per heavy atom. The fourth-order valence-electron chi connectivity index (χ4n) is 1.96. The molecule has 0 aliphatic carbocycles. The van der Waals surface area contributed by atoms with Crippen LogP contribution in [0, 0.1) is 0 Å². The molecule has 2 N–H and O–H groups in total. The van der Waals surface area contributed by atoms with Crippen molar-refractivity contribution in [3.8, 4) is 0 Å². The summed E-state index contributed by atoms with van der Waals surface area (Å²) in [6.45, 7) is 2.03. The third kappa shape index (κ3) is 3.87. The Labute approximate surface area is 116 Å². The van der Waals surface area contributed by atoms with Gasteiger partial charge in [0.05, 0.1) is 12.5 Å². The highest BCUT2D eigenvalue weighted by molar-refractivity contribution is 7.10. The van der Waals surface area contributed by atoms with Gasteiger partial charge in [0.2, 0.25) is 0 Å². The molecule has 19 heavy (non-hydrogen) atoms. The number of hydrogen-bond donors (Lipinski definition) is 2. The van der Waals surface area contributed by atoms with Crippen LogP contribution in [0.25, 0.3) is 0 Å². The number of pyridine rings is 1. The van der Waals surface area contributed by atoms with Gasteiger partial charge in [0.15, 0.2) is 0 Å². The lowest BCUT2D eigenvalue weighted by molar-refractivity contribution is -0.137. The zero-order valence-electron chi connectivity index (χ0n) is 10.6. The van der Waals surface area contributed by atoms with Crippen LogP contribution in [0.2, 0.25) is 0 Å². The minimum atomic E-state index is -0.798. The van der Waals surface area contributed by atoms with Crippen LogP contribution in [0.5, 0.6) is 0 Å². The van der Waals surface area contributed by atoms with Crippen molar-refractivity contribution in [2.45, 2.75) is 25.4 Å². The van der Waals surface area contributed by atoms with E-state index in [1.165, 1.54) is 0 Å². The molecule has 0 aromatic carbocycles. The van der Waals surface area contributed by atoms with Gasteiger partial charge in [-0.2, -0.15) is 0 Å². The molecule has 0 bridgehead atoms. The molecule has 2 aromatic rings. The number of carboxylic acids is 1. The Kier molecular flexibility index (Phi) is 4.65. The predicted molar refractivity (Wildman–Crippen MR) is 75.1 cm³/mol. The van der Waals surface area contributed by atoms with Crippen molar-refractivity contribution in [2.24, 2.45) is 0 Å². The number of nitrogens with one attached hydrogen (secondary N) is 1. The Bertz CT molecular complexity index is 514. The summed E-state index contributed by atoms with van der Waals surface area (Å²) in [7, 11) is 0. The number of rotatable bonds is 6. The molecule has 0 saturated heterocycles. The van der Waals surface area contributed by atoms with Gasteiger partial charge in [-0.3, -0.25) is 9.78 Å². The van der Waals surface area contributed by atoms with Gasteiger partial charge in [-0.15, -0.1) is 11.3 Å². The molecule has 2 atom stereocenters. The number of hydrogen-bond acceptors (Lipinski definition) is 4. The van der Waals surface area contributed by atoms with Gasteiger partial charge in [-0.05, 0) is 36.1 Å². The summed E-state index contributed by atoms with van der Waals surface area (Å²) in [5.41, 5.74) is 1.10. The van der Waals surface area contributed by atoms with Crippen LogP contribution in [0.15, 0.2) is 42.0 Å². The normalized spacial score (nSPS) is 13.9. The summed E-state index contributed by atoms with van der Waals surface area (Å²) >= 11 is 1.57. The summed E-state index contributed by atoms with van der Waals surface area (Å²) in [6.07, 6.45) is 3.56. The second-order valence-electron chi connectivity index (χ2n) is 4.33. The first kappa shape index (κ1) is 13.7. The Morgan fingerprint density at radius 2 is 2.16 bits per heavy atom. The molecule has 2 rings (SSSR count). The highest BCUT2D eigenvalue weighted by atomic mass is 32.1. The van der Waals surface area contributed by atoms with Gasteiger partial charge < -0.3 is 10.4 Å². The highest BCUT2D eigenvalue weighted by Gasteiger charge is 2.19. The van der Waals surface area contributed by atoms with Crippen molar-refractivity contribution in [1.82, 2.24) is 10.3 Å². The molecule has 0 fully saturated rings. The molecule has 0 radical (unpaired) electrons. The third-order valence-electron chi connectivity index (χ3n) is 2.92. The maximum absolute atomic E-state index is 11.0. The fraction of sp³-hybridized carbons (Fsp3) is 0.286. The predicted octanol–water partition coefficient (Wildman–Crippen LogP) is 3.01. The zero-order chi connectivity index (χ0) is 13.7. The van der Waals surface area contributed by atoms with E-state index in [-0.39, 0.29) is 18.5 Å². The van der Waals surface area contributed by atoms with Crippen LogP contribution < -0.4 is 5.32 Å². The summed E-state index contributed by atoms with van der Waals surface area (Å²) in [5.74, 6) is -0.798. The van der Waals surface area contributed by atoms with Crippen molar-refractivity contribution in [3.63, 3.8) is 0 Å². The van der Waals surface area contributed by atoms with E-state index < -0.39 is 5.97 Å². The first-order valence-electron chi connectivity index (χ1n) is 6.08. The number of carbonyl (C=O) groups is 1. The van der Waals surface area contributed by atoms with Gasteiger partial charge in [-0.1, -0.05) is 6.07 Å². The minimum Gasteiger partial charge on any atom is -0.481 e. The van der Waals surface area contributed by atoms with Crippen LogP contribution in [0.1, 0.15) is 35.9 Å². The summed E-state index contributed by atoms with van der Waals surface area (Å²) < 4.78 is 0. The molecule has 2 unspecified atom stereocenters. The standard InChI is InChI=1S/C14H16N2O2S/c1-10(11-4-6-15-7-5-11)16-12(9-14(17)18)13-3-2-8-19-13/h2-8,10,12,16H,9H2,1H3,(H,17,18). The van der Waals surface area contributed by atoms with E-state index in [2.05, 4.69) is 10.3 Å². The van der Waals surface area contributed by atoms with Crippen LogP contribution in [0.4, 0.5) is 0 Å². The summed E-state index contributed by atoms with van der Waals surface area (Å²) in [6, 6.07) is 7.68. The molecule has 0 aliphatic rings. The van der Waals surface area contributed by atoms with Crippen molar-refractivity contribution in [2.75, 3.05) is 0 Å². The highest BCUT2D eigenvalue weighted by Crippen LogP contribution is 2.25. The van der Waals surface area contributed by atoms with Gasteiger partial charge in [0.25, 0.3) is 0 Å². The monoisotopic (exact) mass is 276 g/mol. The Morgan fingerprint density at radius 1 is 1.42 bits per heavy atom. The smallest absolute Gasteiger partial charge is 0.305 e. The summed E-state index contributed by atoms with van der Waals surface area (Å²) in [5, 5.41) is 14.4. The van der Waals surface area contributed by atoms with Crippen LogP contribution in [-0.4, -0.2) is 16.1 Å². The largest absolute Gasteiger partial charge is 0.481 e. The SMILES string of the molecule is CC(NC(CC(=O)O)c1cccs1)c1ccncc1. The second-order valence-corrected chi connectivity index (χ2v) is 5.31. The van der Waals surface area contributed by atoms with E-state index in [1.54, 1.807) is 23.7 Å². The van der Waals surface area contributed by atoms with E-state index in [1.807, 2.05) is 36.6 Å². The van der Waals surface area contributed by atoms with Gasteiger partial charge in [-0.25, -0.2) is 0 Å². The molecule has 0 aliphatic heterocycles. The number of nitrogens with zero attached hydrogens (tertiary/aromatic N) is 1. The number of thiophene rings is 1. The van der Waals surface area contributed by atoms with Crippen LogP contribution >= 0.6 is 11.3 Å². The average Bonchev–Trinajstić information content (AvgIpc) is 2.92. The maximum atomic E-state index is 11.0. The lowest BCUT2D eigenvalue weighted by atomic mass is 10.1. The third-order valence-corrected chi connectivity index (χ3v) is 3.91. The van der Waals surface area contributed by atoms with E-state index >= 15 is 0 Å². The van der Waals surface area contributed by atoms with E-state index in [9.17, 15) is 4.79 Å². The van der Waals surface area contributed by atoms with Gasteiger partial charge >= 0.3 is 5.97 Å². The van der Waals surface area contributed by atoms with Gasteiger partial charge in [0, 0.05) is 23.3 Å². The zero-order valence-corrected chi connectivity index (χ0v) is 11.4. The van der Waals surface area contributed by atoms with Crippen molar-refractivity contribution in [1.29, 1.82) is 0 Å². The maximum Gasteiger partial charge on any atom is 0.305 e. The number of carboxylic acid groups (broad SMARTS) is 1. The van der Waals surface area contributed by atoms with Crippen molar-refractivity contribution < 1.29 is 9.90 Å². The topological polar surface area (TPSA) is 62.2 Å². The molecule has 2 aromatic heterocycles. The quantitative estimate of drug-likeness (QED) is 0.851. The summed E-state index contributed by atoms with van der Waals surface area (Å²) in [4.78, 5) is 16.0. The Hall–Kier alpha value is -1.72. The molecule has 100 valence electrons. The lowest BCUT2D eigenvalue weighted by Crippen LogP contribution is -2.26. The molecule has 4 nitrogen and oxygen atoms in total. The molecule has 2 heterocycles. The van der Waals surface area contributed by atoms with Crippen molar-refractivity contribution in [3.05, 3.63) is 52.5 Å². The first-order valence-corrected chi connectivity index (χ1v) is 6.96. The second kappa shape index (κ2) is 6.45. The first-order chi connectivity index (χ1) is 9.16. The number of aliphatic carboxylic acids is 1. The van der Waals surface area contributed by atoms with Crippen molar-refractivity contribution >= 4 is 17.3 Å². The molecular formula is C14H16N2O2S. The Balaban J connectivity index is 2.10. The van der Waals surface area contributed by atoms with E-state index in [0.29, 0.717) is 0 Å². The molecule has 0 saturated carbocycles. The molecular weight excluding hydrogens is 260 g/mol. The number of aromatic nitrogens is 1. The van der Waals surface area contributed by atoms with Crippen LogP contribution in [-0.2, 0) is 4.79 Å². The minimum absolute atomic E-state index is 0.0782. The lowest BCUT2D eigenvalue weighted by Gasteiger charge is -2.21. The van der Waals surface area contributed by atoms with E-state index in [4.69, 9.17) is 5.11 Å². The average molecular weight is 276 g/mol. The van der Waals surface area contributed by atoms with Crippen LogP contribution in [0.3, 0.4) is 0 Å². The molecule has 5 heteroatoms. The fourth-order valence-corrected chi connectivity index (χ4v) is 2.74. The van der Waals surface area contributed by atoms with Gasteiger partial charge in [0.1, 0.15) is 0 Å². The molecule has 0 amide bonds.